The van der Waals surface area contributed by atoms with E-state index in [1.807, 2.05) is 38.1 Å². The first-order chi connectivity index (χ1) is 12.7. The van der Waals surface area contributed by atoms with Crippen LogP contribution in [0, 0.1) is 0 Å². The van der Waals surface area contributed by atoms with Gasteiger partial charge in [0.05, 0.1) is 30.9 Å². The number of methoxy groups -OCH3 is 1. The fourth-order valence-corrected chi connectivity index (χ4v) is 3.04. The number of thiazole rings is 1. The summed E-state index contributed by atoms with van der Waals surface area (Å²) in [5, 5.41) is 9.78. The molecule has 0 radical (unpaired) electrons. The average molecular weight is 504 g/mol. The maximum absolute atomic E-state index is 5.96. The van der Waals surface area contributed by atoms with Crippen LogP contribution in [0.25, 0.3) is 0 Å². The fraction of sp³-hybridized carbons (Fsp3) is 0.474. The zero-order valence-corrected chi connectivity index (χ0v) is 19.5. The third-order valence-electron chi connectivity index (χ3n) is 3.60. The summed E-state index contributed by atoms with van der Waals surface area (Å²) >= 11 is 1.68. The van der Waals surface area contributed by atoms with Gasteiger partial charge in [0.1, 0.15) is 6.10 Å². The van der Waals surface area contributed by atoms with Crippen LogP contribution in [-0.2, 0) is 13.0 Å². The third kappa shape index (κ3) is 7.92. The molecule has 1 heterocycles. The van der Waals surface area contributed by atoms with Gasteiger partial charge in [-0.1, -0.05) is 19.1 Å². The molecular formula is C19H29IN4O2S. The van der Waals surface area contributed by atoms with Gasteiger partial charge in [-0.3, -0.25) is 0 Å². The van der Waals surface area contributed by atoms with Crippen LogP contribution in [0.5, 0.6) is 11.5 Å². The van der Waals surface area contributed by atoms with E-state index in [-0.39, 0.29) is 30.1 Å². The number of benzene rings is 1. The van der Waals surface area contributed by atoms with E-state index in [1.54, 1.807) is 18.4 Å². The molecule has 2 rings (SSSR count). The lowest BCUT2D eigenvalue weighted by atomic mass is 10.3. The van der Waals surface area contributed by atoms with E-state index in [0.29, 0.717) is 13.1 Å². The fourth-order valence-electron chi connectivity index (χ4n) is 2.30. The van der Waals surface area contributed by atoms with Gasteiger partial charge in [-0.05, 0) is 32.4 Å². The molecule has 1 aromatic heterocycles. The summed E-state index contributed by atoms with van der Waals surface area (Å²) in [6, 6.07) is 7.65. The second-order valence-corrected chi connectivity index (χ2v) is 6.68. The molecule has 1 aromatic carbocycles. The smallest absolute Gasteiger partial charge is 0.191 e. The summed E-state index contributed by atoms with van der Waals surface area (Å²) in [6.45, 7) is 8.15. The molecule has 6 nitrogen and oxygen atoms in total. The van der Waals surface area contributed by atoms with Crippen LogP contribution in [0.4, 0.5) is 0 Å². The Hall–Kier alpha value is -1.55. The van der Waals surface area contributed by atoms with Crippen molar-refractivity contribution in [3.63, 3.8) is 0 Å². The minimum Gasteiger partial charge on any atom is -0.493 e. The highest BCUT2D eigenvalue weighted by molar-refractivity contribution is 14.0. The lowest BCUT2D eigenvalue weighted by Gasteiger charge is -2.19. The van der Waals surface area contributed by atoms with E-state index < -0.39 is 0 Å². The summed E-state index contributed by atoms with van der Waals surface area (Å²) in [6.07, 6.45) is 0.922. The number of guanidine groups is 1. The molecule has 0 aliphatic carbocycles. The number of aryl methyl sites for hydroxylation is 1. The lowest BCUT2D eigenvalue weighted by molar-refractivity contribution is 0.213. The minimum absolute atomic E-state index is 0. The Bertz CT molecular complexity index is 709. The van der Waals surface area contributed by atoms with Gasteiger partial charge in [0.25, 0.3) is 0 Å². The van der Waals surface area contributed by atoms with E-state index in [9.17, 15) is 0 Å². The van der Waals surface area contributed by atoms with Gasteiger partial charge in [-0.25, -0.2) is 9.98 Å². The second kappa shape index (κ2) is 12.8. The largest absolute Gasteiger partial charge is 0.493 e. The van der Waals surface area contributed by atoms with Gasteiger partial charge in [0, 0.05) is 11.9 Å². The van der Waals surface area contributed by atoms with Gasteiger partial charge in [0.15, 0.2) is 17.5 Å². The van der Waals surface area contributed by atoms with Crippen molar-refractivity contribution in [2.24, 2.45) is 4.99 Å². The van der Waals surface area contributed by atoms with Crippen LogP contribution in [0.1, 0.15) is 31.5 Å². The van der Waals surface area contributed by atoms with E-state index in [1.165, 1.54) is 0 Å². The standard InChI is InChI=1S/C19H28N4O2S.HI/c1-5-18-23-15(13-26-18)12-22-19(20-6-2)21-11-14(3)25-17-10-8-7-9-16(17)24-4;/h7-10,13-14H,5-6,11-12H2,1-4H3,(H2,20,21,22);1H. The third-order valence-corrected chi connectivity index (χ3v) is 4.64. The molecule has 0 saturated carbocycles. The molecule has 0 saturated heterocycles. The predicted octanol–water partition coefficient (Wildman–Crippen LogP) is 3.85. The topological polar surface area (TPSA) is 67.8 Å². The van der Waals surface area contributed by atoms with Crippen LogP contribution in [0.3, 0.4) is 0 Å². The highest BCUT2D eigenvalue weighted by atomic mass is 127. The first-order valence-corrected chi connectivity index (χ1v) is 9.79. The summed E-state index contributed by atoms with van der Waals surface area (Å²) in [5.41, 5.74) is 1.00. The Morgan fingerprint density at radius 3 is 2.59 bits per heavy atom. The molecule has 2 aromatic rings. The summed E-state index contributed by atoms with van der Waals surface area (Å²) in [5.74, 6) is 2.23. The van der Waals surface area contributed by atoms with Crippen molar-refractivity contribution in [1.29, 1.82) is 0 Å². The number of aliphatic imine (C=N–C) groups is 1. The molecule has 1 atom stereocenters. The van der Waals surface area contributed by atoms with Gasteiger partial charge < -0.3 is 20.1 Å². The van der Waals surface area contributed by atoms with Crippen LogP contribution in [0.15, 0.2) is 34.6 Å². The lowest BCUT2D eigenvalue weighted by Crippen LogP contribution is -2.41. The minimum atomic E-state index is -0.0406. The number of hydrogen-bond donors (Lipinski definition) is 2. The summed E-state index contributed by atoms with van der Waals surface area (Å²) in [7, 11) is 1.64. The number of rotatable bonds is 9. The zero-order chi connectivity index (χ0) is 18.8. The monoisotopic (exact) mass is 504 g/mol. The van der Waals surface area contributed by atoms with Gasteiger partial charge in [-0.15, -0.1) is 35.3 Å². The van der Waals surface area contributed by atoms with E-state index >= 15 is 0 Å². The highest BCUT2D eigenvalue weighted by Crippen LogP contribution is 2.26. The molecule has 1 unspecified atom stereocenters. The Balaban J connectivity index is 0.00000364. The first-order valence-electron chi connectivity index (χ1n) is 8.91. The zero-order valence-electron chi connectivity index (χ0n) is 16.3. The normalized spacial score (nSPS) is 12.1. The second-order valence-electron chi connectivity index (χ2n) is 5.74. The van der Waals surface area contributed by atoms with Crippen molar-refractivity contribution in [2.75, 3.05) is 20.2 Å². The van der Waals surface area contributed by atoms with Crippen molar-refractivity contribution in [1.82, 2.24) is 15.6 Å². The Morgan fingerprint density at radius 2 is 1.96 bits per heavy atom. The van der Waals surface area contributed by atoms with Crippen LogP contribution < -0.4 is 20.1 Å². The molecule has 8 heteroatoms. The number of para-hydroxylation sites is 2. The maximum atomic E-state index is 5.96. The van der Waals surface area contributed by atoms with Crippen molar-refractivity contribution in [3.8, 4) is 11.5 Å². The Kier molecular flexibility index (Phi) is 11.1. The number of halogens is 1. The van der Waals surface area contributed by atoms with E-state index in [4.69, 9.17) is 9.47 Å². The summed E-state index contributed by atoms with van der Waals surface area (Å²) < 4.78 is 11.3. The number of nitrogens with zero attached hydrogens (tertiary/aromatic N) is 2. The van der Waals surface area contributed by atoms with E-state index in [2.05, 4.69) is 32.9 Å². The Labute approximate surface area is 182 Å². The number of nitrogens with one attached hydrogen (secondary N) is 2. The van der Waals surface area contributed by atoms with Crippen molar-refractivity contribution < 1.29 is 9.47 Å². The molecule has 0 spiro atoms. The van der Waals surface area contributed by atoms with Gasteiger partial charge >= 0.3 is 0 Å². The molecule has 0 aliphatic heterocycles. The predicted molar refractivity (Wildman–Crippen MR) is 123 cm³/mol. The first kappa shape index (κ1) is 23.5. The number of hydrogen-bond acceptors (Lipinski definition) is 5. The Morgan fingerprint density at radius 1 is 1.22 bits per heavy atom. The SMILES string of the molecule is CCNC(=NCc1csc(CC)n1)NCC(C)Oc1ccccc1OC.I. The molecular weight excluding hydrogens is 475 g/mol. The molecule has 0 aliphatic rings. The quantitative estimate of drug-likeness (QED) is 0.309. The van der Waals surface area contributed by atoms with Crippen molar-refractivity contribution in [3.05, 3.63) is 40.3 Å². The molecule has 0 fully saturated rings. The van der Waals surface area contributed by atoms with Crippen LogP contribution in [-0.4, -0.2) is 37.2 Å². The van der Waals surface area contributed by atoms with Crippen LogP contribution in [0.2, 0.25) is 0 Å². The highest BCUT2D eigenvalue weighted by Gasteiger charge is 2.09. The van der Waals surface area contributed by atoms with Crippen molar-refractivity contribution >= 4 is 41.3 Å². The van der Waals surface area contributed by atoms with Crippen molar-refractivity contribution in [2.45, 2.75) is 39.8 Å². The number of aromatic nitrogens is 1. The molecule has 2 N–H and O–H groups in total. The molecule has 150 valence electrons. The number of ether oxygens (including phenoxy) is 2. The summed E-state index contributed by atoms with van der Waals surface area (Å²) in [4.78, 5) is 9.15. The van der Waals surface area contributed by atoms with Gasteiger partial charge in [0.2, 0.25) is 0 Å². The maximum Gasteiger partial charge on any atom is 0.191 e. The van der Waals surface area contributed by atoms with Gasteiger partial charge in [-0.2, -0.15) is 0 Å². The average Bonchev–Trinajstić information content (AvgIpc) is 3.12. The molecule has 27 heavy (non-hydrogen) atoms. The molecule has 0 amide bonds. The van der Waals surface area contributed by atoms with E-state index in [0.717, 1.165) is 41.1 Å². The van der Waals surface area contributed by atoms with Crippen LogP contribution >= 0.6 is 35.3 Å². The molecule has 0 bridgehead atoms.